The Bertz CT molecular complexity index is 1740. The van der Waals surface area contributed by atoms with Gasteiger partial charge < -0.3 is 34.6 Å². The third-order valence-corrected chi connectivity index (χ3v) is 9.02. The van der Waals surface area contributed by atoms with Gasteiger partial charge >= 0.3 is 0 Å². The first kappa shape index (κ1) is 35.5. The molecular formula is C37H46FN7O4. The van der Waals surface area contributed by atoms with Crippen LogP contribution in [0.5, 0.6) is 17.2 Å². The van der Waals surface area contributed by atoms with E-state index in [0.29, 0.717) is 40.9 Å². The van der Waals surface area contributed by atoms with Gasteiger partial charge in [-0.1, -0.05) is 20.4 Å². The first-order chi connectivity index (χ1) is 23.6. The number of fused-ring (bicyclic) bond motifs is 1. The number of pyridine rings is 1. The second-order valence-corrected chi connectivity index (χ2v) is 13.0. The second kappa shape index (κ2) is 16.1. The Hall–Kier alpha value is -4.81. The molecule has 0 amide bonds. The summed E-state index contributed by atoms with van der Waals surface area (Å²) in [6.45, 7) is 11.3. The molecule has 11 nitrogen and oxygen atoms in total. The number of piperidine rings is 2. The number of methoxy groups -OCH3 is 2. The Labute approximate surface area is 287 Å². The van der Waals surface area contributed by atoms with Crippen LogP contribution in [0.3, 0.4) is 0 Å². The largest absolute Gasteiger partial charge is 0.495 e. The van der Waals surface area contributed by atoms with E-state index in [0.717, 1.165) is 62.3 Å². The van der Waals surface area contributed by atoms with E-state index in [4.69, 9.17) is 19.0 Å². The Morgan fingerprint density at radius 2 is 1.73 bits per heavy atom. The number of anilines is 4. The number of likely N-dealkylation sites (tertiary alicyclic amines) is 1. The van der Waals surface area contributed by atoms with Crippen LogP contribution in [0.2, 0.25) is 0 Å². The van der Waals surface area contributed by atoms with Crippen molar-refractivity contribution in [3.63, 3.8) is 0 Å². The van der Waals surface area contributed by atoms with E-state index in [1.165, 1.54) is 18.5 Å². The van der Waals surface area contributed by atoms with E-state index in [2.05, 4.69) is 62.9 Å². The molecular weight excluding hydrogens is 625 g/mol. The van der Waals surface area contributed by atoms with Crippen LogP contribution in [0.15, 0.2) is 67.6 Å². The van der Waals surface area contributed by atoms with Crippen molar-refractivity contribution >= 4 is 40.2 Å². The Balaban J connectivity index is 0.00000111. The molecule has 0 aliphatic carbocycles. The minimum absolute atomic E-state index is 0.0106. The monoisotopic (exact) mass is 671 g/mol. The number of nitrogens with one attached hydrogen (secondary N) is 2. The van der Waals surface area contributed by atoms with E-state index < -0.39 is 5.82 Å². The number of halogens is 1. The fourth-order valence-electron chi connectivity index (χ4n) is 6.37. The highest BCUT2D eigenvalue weighted by molar-refractivity contribution is 5.95. The SMILES string of the molecule is C=CC=O.COc1cc2ncnc(Nc3ccc(Oc4ccnc(N5CCC(OC)C(C)(C)C5)c4)cc3F)c2cc1NC1CCN(C)CC1. The average Bonchev–Trinajstić information content (AvgIpc) is 3.10. The van der Waals surface area contributed by atoms with Crippen molar-refractivity contribution in [1.82, 2.24) is 19.9 Å². The number of aldehydes is 1. The lowest BCUT2D eigenvalue weighted by molar-refractivity contribution is -0.104. The van der Waals surface area contributed by atoms with Crippen molar-refractivity contribution in [2.24, 2.45) is 5.41 Å². The minimum atomic E-state index is -0.463. The van der Waals surface area contributed by atoms with Crippen molar-refractivity contribution in [2.45, 2.75) is 45.3 Å². The van der Waals surface area contributed by atoms with Crippen LogP contribution < -0.4 is 25.0 Å². The van der Waals surface area contributed by atoms with Crippen molar-refractivity contribution in [3.05, 3.63) is 73.5 Å². The highest BCUT2D eigenvalue weighted by Gasteiger charge is 2.36. The molecule has 260 valence electrons. The van der Waals surface area contributed by atoms with Gasteiger partial charge in [-0.3, -0.25) is 4.79 Å². The van der Waals surface area contributed by atoms with Gasteiger partial charge in [-0.05, 0) is 69.7 Å². The molecule has 0 bridgehead atoms. The molecule has 12 heteroatoms. The molecule has 2 saturated heterocycles. The lowest BCUT2D eigenvalue weighted by Gasteiger charge is -2.44. The minimum Gasteiger partial charge on any atom is -0.495 e. The van der Waals surface area contributed by atoms with Gasteiger partial charge in [0.1, 0.15) is 47.3 Å². The third-order valence-electron chi connectivity index (χ3n) is 9.02. The smallest absolute Gasteiger partial charge is 0.150 e. The quantitative estimate of drug-likeness (QED) is 0.137. The van der Waals surface area contributed by atoms with E-state index in [1.54, 1.807) is 38.6 Å². The molecule has 2 aromatic heterocycles. The van der Waals surface area contributed by atoms with Gasteiger partial charge in [0.2, 0.25) is 0 Å². The molecule has 1 atom stereocenters. The van der Waals surface area contributed by atoms with Crippen molar-refractivity contribution in [2.75, 3.05) is 63.0 Å². The normalized spacial score (nSPS) is 17.8. The van der Waals surface area contributed by atoms with Gasteiger partial charge in [0.15, 0.2) is 0 Å². The van der Waals surface area contributed by atoms with E-state index in [9.17, 15) is 0 Å². The highest BCUT2D eigenvalue weighted by atomic mass is 19.1. The number of carbonyl (C=O) groups excluding carboxylic acids is 1. The Kier molecular flexibility index (Phi) is 11.6. The third kappa shape index (κ3) is 8.81. The average molecular weight is 672 g/mol. The predicted molar refractivity (Wildman–Crippen MR) is 192 cm³/mol. The summed E-state index contributed by atoms with van der Waals surface area (Å²) < 4.78 is 32.9. The van der Waals surface area contributed by atoms with E-state index >= 15 is 4.39 Å². The maximum atomic E-state index is 15.4. The van der Waals surface area contributed by atoms with Gasteiger partial charge in [-0.2, -0.15) is 0 Å². The van der Waals surface area contributed by atoms with Crippen molar-refractivity contribution in [3.8, 4) is 17.2 Å². The number of rotatable bonds is 10. The van der Waals surface area contributed by atoms with Crippen LogP contribution in [-0.4, -0.2) is 85.7 Å². The summed E-state index contributed by atoms with van der Waals surface area (Å²) >= 11 is 0. The number of benzene rings is 2. The summed E-state index contributed by atoms with van der Waals surface area (Å²) in [5.74, 6) is 2.55. The maximum Gasteiger partial charge on any atom is 0.150 e. The fourth-order valence-corrected chi connectivity index (χ4v) is 6.37. The van der Waals surface area contributed by atoms with Crippen LogP contribution in [0, 0.1) is 11.2 Å². The zero-order chi connectivity index (χ0) is 35.0. The van der Waals surface area contributed by atoms with E-state index in [-0.39, 0.29) is 17.2 Å². The topological polar surface area (TPSA) is 114 Å². The van der Waals surface area contributed by atoms with Gasteiger partial charge in [0.05, 0.1) is 30.1 Å². The molecule has 4 heterocycles. The summed E-state index contributed by atoms with van der Waals surface area (Å²) in [5, 5.41) is 7.57. The van der Waals surface area contributed by atoms with Crippen LogP contribution >= 0.6 is 0 Å². The molecule has 0 radical (unpaired) electrons. The van der Waals surface area contributed by atoms with Crippen LogP contribution in [-0.2, 0) is 9.53 Å². The Morgan fingerprint density at radius 1 is 0.980 bits per heavy atom. The molecule has 2 aliphatic rings. The van der Waals surface area contributed by atoms with Crippen LogP contribution in [0.25, 0.3) is 10.9 Å². The molecule has 4 aromatic rings. The number of allylic oxidation sites excluding steroid dienone is 1. The molecule has 2 N–H and O–H groups in total. The zero-order valence-corrected chi connectivity index (χ0v) is 28.9. The summed E-state index contributed by atoms with van der Waals surface area (Å²) in [6, 6.07) is 12.6. The van der Waals surface area contributed by atoms with E-state index in [1.807, 2.05) is 18.2 Å². The van der Waals surface area contributed by atoms with Crippen molar-refractivity contribution < 1.29 is 23.4 Å². The lowest BCUT2D eigenvalue weighted by Crippen LogP contribution is -2.49. The van der Waals surface area contributed by atoms with Gasteiger partial charge in [0.25, 0.3) is 0 Å². The molecule has 0 saturated carbocycles. The molecule has 1 unspecified atom stereocenters. The van der Waals surface area contributed by atoms with Crippen molar-refractivity contribution in [1.29, 1.82) is 0 Å². The number of hydrogen-bond donors (Lipinski definition) is 2. The fraction of sp³-hybridized carbons (Fsp3) is 0.405. The second-order valence-electron chi connectivity index (χ2n) is 13.0. The Morgan fingerprint density at radius 3 is 2.41 bits per heavy atom. The molecule has 2 aromatic carbocycles. The highest BCUT2D eigenvalue weighted by Crippen LogP contribution is 2.37. The van der Waals surface area contributed by atoms with Gasteiger partial charge in [0, 0.05) is 61.4 Å². The van der Waals surface area contributed by atoms with Crippen LogP contribution in [0.1, 0.15) is 33.1 Å². The summed E-state index contributed by atoms with van der Waals surface area (Å²) in [7, 11) is 5.56. The first-order valence-corrected chi connectivity index (χ1v) is 16.5. The molecule has 2 aliphatic heterocycles. The standard InChI is InChI=1S/C34H42FN7O3.C3H4O/c1-34(2)20-42(15-11-31(34)44-5)32-17-24(8-12-36-32)45-23-6-7-27(26(35)16-23)40-33-25-18-29(39-22-9-13-41(3)14-10-22)30(43-4)19-28(25)37-21-38-33;1-2-3-4/h6-8,12,16-19,21-22,31,39H,9-11,13-15,20H2,1-5H3,(H,37,38,40);2-3H,1H2. The molecule has 49 heavy (non-hydrogen) atoms. The lowest BCUT2D eigenvalue weighted by atomic mass is 9.81. The summed E-state index contributed by atoms with van der Waals surface area (Å²) in [5.41, 5.74) is 1.83. The number of hydrogen-bond acceptors (Lipinski definition) is 11. The summed E-state index contributed by atoms with van der Waals surface area (Å²) in [6.07, 6.45) is 8.22. The molecule has 6 rings (SSSR count). The number of carbonyl (C=O) groups is 1. The number of ether oxygens (including phenoxy) is 3. The summed E-state index contributed by atoms with van der Waals surface area (Å²) in [4.78, 5) is 27.1. The molecule has 2 fully saturated rings. The predicted octanol–water partition coefficient (Wildman–Crippen LogP) is 6.84. The van der Waals surface area contributed by atoms with Gasteiger partial charge in [-0.15, -0.1) is 0 Å². The number of nitrogens with zero attached hydrogens (tertiary/aromatic N) is 5. The molecule has 0 spiro atoms. The maximum absolute atomic E-state index is 15.4. The van der Waals surface area contributed by atoms with Gasteiger partial charge in [-0.25, -0.2) is 19.3 Å². The van der Waals surface area contributed by atoms with Crippen LogP contribution in [0.4, 0.5) is 27.4 Å². The zero-order valence-electron chi connectivity index (χ0n) is 28.9. The first-order valence-electron chi connectivity index (χ1n) is 16.5. The number of aromatic nitrogens is 3.